The number of carbonyl (C=O) groups is 1. The Morgan fingerprint density at radius 3 is 2.75 bits per heavy atom. The van der Waals surface area contributed by atoms with E-state index in [1.165, 1.54) is 18.3 Å². The van der Waals surface area contributed by atoms with Crippen molar-refractivity contribution in [2.45, 2.75) is 18.8 Å². The summed E-state index contributed by atoms with van der Waals surface area (Å²) in [4.78, 5) is 21.4. The minimum atomic E-state index is -0.634. The summed E-state index contributed by atoms with van der Waals surface area (Å²) in [5, 5.41) is 9.96. The Balaban J connectivity index is 1.09. The molecule has 0 bridgehead atoms. The van der Waals surface area contributed by atoms with Crippen LogP contribution in [0, 0.1) is 5.82 Å². The SMILES string of the molecule is CN1CCN(CCCOc2ccc(Cc3cc(N=CC4C(=O)Nc5ccc(F)cc54)n[nH]3)cc2)CC1. The predicted octanol–water partition coefficient (Wildman–Crippen LogP) is 3.59. The number of piperazine rings is 1. The van der Waals surface area contributed by atoms with Crippen LogP contribution in [0.4, 0.5) is 15.9 Å². The lowest BCUT2D eigenvalue weighted by Crippen LogP contribution is -2.44. The van der Waals surface area contributed by atoms with Crippen LogP contribution in [-0.2, 0) is 11.2 Å². The Bertz CT molecular complexity index is 1220. The molecule has 3 heterocycles. The number of benzene rings is 2. The molecule has 0 spiro atoms. The maximum Gasteiger partial charge on any atom is 0.237 e. The Hall–Kier alpha value is -3.56. The van der Waals surface area contributed by atoms with Crippen molar-refractivity contribution in [3.8, 4) is 5.75 Å². The third-order valence-corrected chi connectivity index (χ3v) is 6.66. The molecule has 1 unspecified atom stereocenters. The minimum Gasteiger partial charge on any atom is -0.494 e. The molecule has 0 aliphatic carbocycles. The van der Waals surface area contributed by atoms with E-state index in [9.17, 15) is 9.18 Å². The molecule has 1 fully saturated rings. The van der Waals surface area contributed by atoms with Gasteiger partial charge in [-0.15, -0.1) is 0 Å². The van der Waals surface area contributed by atoms with Crippen LogP contribution >= 0.6 is 0 Å². The van der Waals surface area contributed by atoms with Gasteiger partial charge in [0, 0.05) is 62.8 Å². The summed E-state index contributed by atoms with van der Waals surface area (Å²) in [6, 6.07) is 14.2. The average Bonchev–Trinajstić information content (AvgIpc) is 3.45. The first kappa shape index (κ1) is 24.1. The fourth-order valence-corrected chi connectivity index (χ4v) is 4.53. The highest BCUT2D eigenvalue weighted by molar-refractivity contribution is 6.12. The van der Waals surface area contributed by atoms with E-state index in [0.29, 0.717) is 30.1 Å². The number of H-pyrrole nitrogens is 1. The van der Waals surface area contributed by atoms with Crippen molar-refractivity contribution >= 4 is 23.6 Å². The van der Waals surface area contributed by atoms with Gasteiger partial charge in [-0.1, -0.05) is 12.1 Å². The van der Waals surface area contributed by atoms with Crippen LogP contribution in [0.2, 0.25) is 0 Å². The Morgan fingerprint density at radius 2 is 1.94 bits per heavy atom. The zero-order valence-corrected chi connectivity index (χ0v) is 20.4. The standard InChI is InChI=1S/C27H31FN6O2/c1-33-10-12-34(13-11-33)9-2-14-36-22-6-3-19(4-7-22)15-21-17-26(32-31-21)29-18-24-23-16-20(28)5-8-25(23)30-27(24)35/h3-8,16-18,24H,2,9-15H2,1H3,(H,30,35)(H,31,32). The number of anilines is 1. The van der Waals surface area contributed by atoms with E-state index in [1.807, 2.05) is 30.3 Å². The van der Waals surface area contributed by atoms with Gasteiger partial charge in [-0.3, -0.25) is 9.89 Å². The summed E-state index contributed by atoms with van der Waals surface area (Å²) < 4.78 is 19.5. The normalized spacial score (nSPS) is 18.5. The summed E-state index contributed by atoms with van der Waals surface area (Å²) in [5.74, 6) is 0.107. The maximum absolute atomic E-state index is 13.6. The first-order valence-electron chi connectivity index (χ1n) is 12.3. The molecule has 1 amide bonds. The molecule has 9 heteroatoms. The third kappa shape index (κ3) is 5.98. The van der Waals surface area contributed by atoms with Crippen LogP contribution in [0.5, 0.6) is 5.75 Å². The molecule has 3 aromatic rings. The van der Waals surface area contributed by atoms with Crippen LogP contribution in [0.15, 0.2) is 53.5 Å². The molecule has 2 aliphatic heterocycles. The molecule has 2 aromatic carbocycles. The van der Waals surface area contributed by atoms with E-state index in [1.54, 1.807) is 6.07 Å². The number of ether oxygens (including phenoxy) is 1. The fourth-order valence-electron chi connectivity index (χ4n) is 4.53. The number of hydrogen-bond acceptors (Lipinski definition) is 6. The van der Waals surface area contributed by atoms with Crippen LogP contribution < -0.4 is 10.1 Å². The molecule has 0 radical (unpaired) electrons. The third-order valence-electron chi connectivity index (χ3n) is 6.66. The Labute approximate surface area is 210 Å². The molecule has 5 rings (SSSR count). The second kappa shape index (κ2) is 11.0. The lowest BCUT2D eigenvalue weighted by Gasteiger charge is -2.32. The molecule has 36 heavy (non-hydrogen) atoms. The summed E-state index contributed by atoms with van der Waals surface area (Å²) in [7, 11) is 2.17. The monoisotopic (exact) mass is 490 g/mol. The topological polar surface area (TPSA) is 85.8 Å². The highest BCUT2D eigenvalue weighted by Gasteiger charge is 2.29. The van der Waals surface area contributed by atoms with Crippen molar-refractivity contribution in [1.29, 1.82) is 0 Å². The number of nitrogens with one attached hydrogen (secondary N) is 2. The van der Waals surface area contributed by atoms with Gasteiger partial charge in [0.2, 0.25) is 5.91 Å². The van der Waals surface area contributed by atoms with E-state index in [0.717, 1.165) is 56.2 Å². The average molecular weight is 491 g/mol. The van der Waals surface area contributed by atoms with Crippen LogP contribution in [-0.4, -0.2) is 78.5 Å². The van der Waals surface area contributed by atoms with Crippen molar-refractivity contribution in [3.05, 3.63) is 71.2 Å². The van der Waals surface area contributed by atoms with Gasteiger partial charge in [-0.05, 0) is 54.9 Å². The summed E-state index contributed by atoms with van der Waals surface area (Å²) >= 11 is 0. The molecular formula is C27H31FN6O2. The molecule has 188 valence electrons. The van der Waals surface area contributed by atoms with Crippen molar-refractivity contribution < 1.29 is 13.9 Å². The number of nitrogens with zero attached hydrogens (tertiary/aromatic N) is 4. The van der Waals surface area contributed by atoms with Gasteiger partial charge in [-0.2, -0.15) is 5.10 Å². The van der Waals surface area contributed by atoms with Crippen molar-refractivity contribution in [3.63, 3.8) is 0 Å². The van der Waals surface area contributed by atoms with Crippen LogP contribution in [0.25, 0.3) is 0 Å². The molecule has 0 saturated carbocycles. The molecular weight excluding hydrogens is 459 g/mol. The van der Waals surface area contributed by atoms with Crippen molar-refractivity contribution in [2.75, 3.05) is 51.7 Å². The number of fused-ring (bicyclic) bond motifs is 1. The van der Waals surface area contributed by atoms with Crippen molar-refractivity contribution in [1.82, 2.24) is 20.0 Å². The number of halogens is 1. The van der Waals surface area contributed by atoms with Crippen LogP contribution in [0.3, 0.4) is 0 Å². The minimum absolute atomic E-state index is 0.225. The highest BCUT2D eigenvalue weighted by atomic mass is 19.1. The largest absolute Gasteiger partial charge is 0.494 e. The van der Waals surface area contributed by atoms with E-state index < -0.39 is 5.92 Å². The van der Waals surface area contributed by atoms with Gasteiger partial charge in [0.25, 0.3) is 0 Å². The number of aromatic amines is 1. The van der Waals surface area contributed by atoms with Crippen molar-refractivity contribution in [2.24, 2.45) is 4.99 Å². The van der Waals surface area contributed by atoms with E-state index >= 15 is 0 Å². The maximum atomic E-state index is 13.6. The summed E-state index contributed by atoms with van der Waals surface area (Å²) in [5.41, 5.74) is 3.23. The molecule has 2 N–H and O–H groups in total. The summed E-state index contributed by atoms with van der Waals surface area (Å²) in [6.07, 6.45) is 3.20. The number of hydrogen-bond donors (Lipinski definition) is 2. The number of rotatable bonds is 9. The lowest BCUT2D eigenvalue weighted by atomic mass is 10.0. The van der Waals surface area contributed by atoms with Crippen LogP contribution in [0.1, 0.15) is 29.2 Å². The van der Waals surface area contributed by atoms with Gasteiger partial charge in [0.05, 0.1) is 6.61 Å². The van der Waals surface area contributed by atoms with Gasteiger partial charge < -0.3 is 19.9 Å². The molecule has 1 aromatic heterocycles. The predicted molar refractivity (Wildman–Crippen MR) is 138 cm³/mol. The lowest BCUT2D eigenvalue weighted by molar-refractivity contribution is -0.115. The Kier molecular flexibility index (Phi) is 7.39. The summed E-state index contributed by atoms with van der Waals surface area (Å²) in [6.45, 7) is 6.33. The number of aromatic nitrogens is 2. The number of likely N-dealkylation sites (N-methyl/N-ethyl adjacent to an activating group) is 1. The fraction of sp³-hybridized carbons (Fsp3) is 0.370. The van der Waals surface area contributed by atoms with E-state index in [2.05, 4.69) is 37.4 Å². The molecule has 1 saturated heterocycles. The Morgan fingerprint density at radius 1 is 1.14 bits per heavy atom. The van der Waals surface area contributed by atoms with Gasteiger partial charge in [0.15, 0.2) is 5.82 Å². The second-order valence-electron chi connectivity index (χ2n) is 9.40. The smallest absolute Gasteiger partial charge is 0.237 e. The quantitative estimate of drug-likeness (QED) is 0.354. The number of aliphatic imine (C=N–C) groups is 1. The molecule has 8 nitrogen and oxygen atoms in total. The highest BCUT2D eigenvalue weighted by Crippen LogP contribution is 2.32. The van der Waals surface area contributed by atoms with Gasteiger partial charge >= 0.3 is 0 Å². The van der Waals surface area contributed by atoms with E-state index in [4.69, 9.17) is 4.74 Å². The zero-order chi connectivity index (χ0) is 24.9. The first-order valence-corrected chi connectivity index (χ1v) is 12.3. The first-order chi connectivity index (χ1) is 17.5. The second-order valence-corrected chi connectivity index (χ2v) is 9.40. The zero-order valence-electron chi connectivity index (χ0n) is 20.4. The number of amides is 1. The molecule has 1 atom stereocenters. The van der Waals surface area contributed by atoms with E-state index in [-0.39, 0.29) is 11.7 Å². The molecule has 2 aliphatic rings. The van der Waals surface area contributed by atoms with Gasteiger partial charge in [0.1, 0.15) is 17.5 Å². The van der Waals surface area contributed by atoms with Gasteiger partial charge in [-0.25, -0.2) is 9.38 Å². The number of carbonyl (C=O) groups excluding carboxylic acids is 1.